The van der Waals surface area contributed by atoms with Crippen molar-refractivity contribution in [3.63, 3.8) is 0 Å². The van der Waals surface area contributed by atoms with E-state index >= 15 is 0 Å². The number of para-hydroxylation sites is 1. The minimum absolute atomic E-state index is 0.130. The number of aromatic nitrogens is 5. The van der Waals surface area contributed by atoms with Crippen molar-refractivity contribution in [2.45, 2.75) is 11.8 Å². The number of amides is 1. The van der Waals surface area contributed by atoms with Crippen LogP contribution in [0.25, 0.3) is 10.6 Å². The number of benzene rings is 1. The first-order valence-corrected chi connectivity index (χ1v) is 11.8. The van der Waals surface area contributed by atoms with E-state index in [0.717, 1.165) is 15.4 Å². The summed E-state index contributed by atoms with van der Waals surface area (Å²) in [7, 11) is 19.7. The van der Waals surface area contributed by atoms with E-state index < -0.39 is 11.1 Å². The van der Waals surface area contributed by atoms with Crippen LogP contribution in [0.3, 0.4) is 0 Å². The van der Waals surface area contributed by atoms with Crippen LogP contribution in [0.1, 0.15) is 15.4 Å². The first-order valence-electron chi connectivity index (χ1n) is 11.0. The second kappa shape index (κ2) is 11.5. The van der Waals surface area contributed by atoms with Gasteiger partial charge in [-0.2, -0.15) is 0 Å². The lowest BCUT2D eigenvalue weighted by Crippen LogP contribution is -2.50. The molecule has 0 spiro atoms. The van der Waals surface area contributed by atoms with Crippen molar-refractivity contribution >= 4 is 63.8 Å². The summed E-state index contributed by atoms with van der Waals surface area (Å²) >= 11 is 1.45. The van der Waals surface area contributed by atoms with Gasteiger partial charge in [0.25, 0.3) is 5.91 Å². The van der Waals surface area contributed by atoms with Crippen LogP contribution in [0, 0.1) is 0 Å². The van der Waals surface area contributed by atoms with Gasteiger partial charge in [-0.3, -0.25) is 4.79 Å². The summed E-state index contributed by atoms with van der Waals surface area (Å²) in [6.07, 6.45) is 1.72. The summed E-state index contributed by atoms with van der Waals surface area (Å²) in [5.74, 6) is 0.689. The van der Waals surface area contributed by atoms with Gasteiger partial charge in [0.2, 0.25) is 5.88 Å². The third kappa shape index (κ3) is 6.39. The fraction of sp³-hybridized carbons (Fsp3) is 0.182. The average Bonchev–Trinajstić information content (AvgIpc) is 3.37. The molecule has 0 fully saturated rings. The monoisotopic (exact) mass is 523 g/mol. The Hall–Kier alpha value is -4.17. The molecule has 16 heteroatoms. The SMILES string of the molecule is [B]C([B])([B])NC(=O)c1nnc(Nc2ccc(OC)nn2)cc1Nc1cccc(-c2ncc(CN)s2)c1OC. The molecule has 0 saturated carbocycles. The zero-order chi connectivity index (χ0) is 27.3. The van der Waals surface area contributed by atoms with Crippen LogP contribution >= 0.6 is 11.3 Å². The number of hydrogen-bond donors (Lipinski definition) is 4. The number of carbonyl (C=O) groups is 1. The van der Waals surface area contributed by atoms with Crippen molar-refractivity contribution in [3.05, 3.63) is 53.2 Å². The standard InChI is InChI=1S/C22H20B3N9O3S/c1-36-17-7-6-15(31-33-17)29-16-8-14(18(34-32-16)20(35)30-22(23,24)25)28-13-5-3-4-12(19(13)37-2)21-27-10-11(9-26)38-21/h3-8,10H,9,26H2,1-2H3,(H,30,35)(H2,28,29,31,32). The molecular formula is C22H20B3N9O3S. The van der Waals surface area contributed by atoms with Crippen molar-refractivity contribution in [1.29, 1.82) is 0 Å². The molecule has 1 aromatic carbocycles. The molecule has 0 saturated heterocycles. The average molecular weight is 523 g/mol. The Morgan fingerprint density at radius 1 is 1.00 bits per heavy atom. The predicted molar refractivity (Wildman–Crippen MR) is 147 cm³/mol. The van der Waals surface area contributed by atoms with E-state index in [9.17, 15) is 4.79 Å². The van der Waals surface area contributed by atoms with Crippen LogP contribution in [0.2, 0.25) is 0 Å². The van der Waals surface area contributed by atoms with Crippen molar-refractivity contribution in [3.8, 4) is 22.2 Å². The van der Waals surface area contributed by atoms with E-state index in [1.165, 1.54) is 25.6 Å². The van der Waals surface area contributed by atoms with Crippen LogP contribution in [0.4, 0.5) is 23.0 Å². The fourth-order valence-corrected chi connectivity index (χ4v) is 4.11. The summed E-state index contributed by atoms with van der Waals surface area (Å²) < 4.78 is 10.7. The lowest BCUT2D eigenvalue weighted by Gasteiger charge is -2.23. The van der Waals surface area contributed by atoms with Crippen LogP contribution in [-0.2, 0) is 6.54 Å². The van der Waals surface area contributed by atoms with Crippen LogP contribution in [0.15, 0.2) is 42.6 Å². The Balaban J connectivity index is 1.73. The molecule has 38 heavy (non-hydrogen) atoms. The Morgan fingerprint density at radius 3 is 2.42 bits per heavy atom. The van der Waals surface area contributed by atoms with Gasteiger partial charge >= 0.3 is 0 Å². The number of ether oxygens (including phenoxy) is 2. The highest BCUT2D eigenvalue weighted by Gasteiger charge is 2.22. The highest BCUT2D eigenvalue weighted by molar-refractivity contribution is 7.15. The molecule has 186 valence electrons. The number of nitrogens with zero attached hydrogens (tertiary/aromatic N) is 5. The van der Waals surface area contributed by atoms with Crippen molar-refractivity contribution < 1.29 is 14.3 Å². The minimum atomic E-state index is -1.98. The molecule has 0 atom stereocenters. The molecule has 5 N–H and O–H groups in total. The van der Waals surface area contributed by atoms with Crippen molar-refractivity contribution in [2.75, 3.05) is 24.9 Å². The number of rotatable bonds is 10. The van der Waals surface area contributed by atoms with Gasteiger partial charge in [-0.1, -0.05) is 11.3 Å². The molecule has 4 rings (SSSR count). The molecule has 0 bridgehead atoms. The highest BCUT2D eigenvalue weighted by atomic mass is 32.1. The van der Waals surface area contributed by atoms with Crippen molar-refractivity contribution in [1.82, 2.24) is 30.7 Å². The first kappa shape index (κ1) is 26.9. The molecule has 3 heterocycles. The van der Waals surface area contributed by atoms with Gasteiger partial charge in [-0.15, -0.1) is 31.7 Å². The second-order valence-corrected chi connectivity index (χ2v) is 8.93. The van der Waals surface area contributed by atoms with Gasteiger partial charge in [-0.25, -0.2) is 4.98 Å². The fourth-order valence-electron chi connectivity index (χ4n) is 3.29. The molecule has 1 amide bonds. The minimum Gasteiger partial charge on any atom is -0.494 e. The normalized spacial score (nSPS) is 11.0. The van der Waals surface area contributed by atoms with E-state index in [4.69, 9.17) is 38.7 Å². The lowest BCUT2D eigenvalue weighted by atomic mass is 9.49. The van der Waals surface area contributed by atoms with Crippen LogP contribution in [-0.4, -0.2) is 74.3 Å². The zero-order valence-corrected chi connectivity index (χ0v) is 21.2. The van der Waals surface area contributed by atoms with E-state index in [0.29, 0.717) is 29.7 Å². The summed E-state index contributed by atoms with van der Waals surface area (Å²) in [6.45, 7) is 0.373. The maximum Gasteiger partial charge on any atom is 0.272 e. The van der Waals surface area contributed by atoms with Gasteiger partial charge in [0, 0.05) is 29.8 Å². The number of methoxy groups -OCH3 is 2. The lowest BCUT2D eigenvalue weighted by molar-refractivity contribution is 0.0947. The van der Waals surface area contributed by atoms with Gasteiger partial charge in [0.05, 0.1) is 54.7 Å². The quantitative estimate of drug-likeness (QED) is 0.221. The Kier molecular flexibility index (Phi) is 8.12. The summed E-state index contributed by atoms with van der Waals surface area (Å²) in [6, 6.07) is 10.3. The summed E-state index contributed by atoms with van der Waals surface area (Å²) in [5, 5.41) is 23.2. The smallest absolute Gasteiger partial charge is 0.272 e. The Labute approximate surface area is 226 Å². The maximum atomic E-state index is 12.9. The zero-order valence-electron chi connectivity index (χ0n) is 20.4. The third-order valence-corrected chi connectivity index (χ3v) is 5.97. The van der Waals surface area contributed by atoms with Crippen LogP contribution in [0.5, 0.6) is 11.6 Å². The third-order valence-electron chi connectivity index (χ3n) is 4.92. The number of nitrogens with two attached hydrogens (primary N) is 1. The van der Waals surface area contributed by atoms with Gasteiger partial charge < -0.3 is 31.2 Å². The maximum absolute atomic E-state index is 12.9. The topological polar surface area (TPSA) is 162 Å². The number of thiazole rings is 1. The van der Waals surface area contributed by atoms with Gasteiger partial charge in [0.1, 0.15) is 5.01 Å². The number of hydrogen-bond acceptors (Lipinski definition) is 12. The molecule has 3 aromatic heterocycles. The molecular weight excluding hydrogens is 503 g/mol. The molecule has 6 radical (unpaired) electrons. The number of carbonyl (C=O) groups excluding carboxylic acids is 1. The largest absolute Gasteiger partial charge is 0.494 e. The Bertz CT molecular complexity index is 1430. The molecule has 0 aliphatic carbocycles. The molecule has 12 nitrogen and oxygen atoms in total. The van der Waals surface area contributed by atoms with E-state index in [-0.39, 0.29) is 17.2 Å². The van der Waals surface area contributed by atoms with Crippen molar-refractivity contribution in [2.24, 2.45) is 5.73 Å². The molecule has 0 aliphatic rings. The predicted octanol–water partition coefficient (Wildman–Crippen LogP) is 1.20. The van der Waals surface area contributed by atoms with Crippen LogP contribution < -0.4 is 31.2 Å². The van der Waals surface area contributed by atoms with E-state index in [1.54, 1.807) is 30.5 Å². The molecule has 4 aromatic rings. The second-order valence-electron chi connectivity index (χ2n) is 7.81. The molecule has 0 aliphatic heterocycles. The van der Waals surface area contributed by atoms with E-state index in [2.05, 4.69) is 41.3 Å². The first-order chi connectivity index (χ1) is 18.2. The number of anilines is 4. The Morgan fingerprint density at radius 2 is 1.79 bits per heavy atom. The van der Waals surface area contributed by atoms with Gasteiger partial charge in [0.15, 0.2) is 23.1 Å². The highest BCUT2D eigenvalue weighted by Crippen LogP contribution is 2.40. The summed E-state index contributed by atoms with van der Waals surface area (Å²) in [5.41, 5.74) is 7.10. The number of nitrogens with one attached hydrogen (secondary N) is 3. The van der Waals surface area contributed by atoms with E-state index in [1.807, 2.05) is 12.1 Å². The van der Waals surface area contributed by atoms with Gasteiger partial charge in [-0.05, 0) is 18.2 Å². The molecule has 0 unspecified atom stereocenters. The summed E-state index contributed by atoms with van der Waals surface area (Å²) in [4.78, 5) is 18.3.